The number of hydrogen-bond acceptors (Lipinski definition) is 2. The number of likely N-dealkylation sites (N-methyl/N-ethyl adjacent to an activating group) is 1. The number of nitrogens with one attached hydrogen (secondary N) is 1. The zero-order valence-corrected chi connectivity index (χ0v) is 9.40. The molecular formula is C13H15N3. The van der Waals surface area contributed by atoms with E-state index < -0.39 is 0 Å². The molecule has 0 aromatic carbocycles. The molecule has 3 nitrogen and oxygen atoms in total. The first kappa shape index (κ1) is 9.60. The molecule has 0 fully saturated rings. The van der Waals surface area contributed by atoms with E-state index in [9.17, 15) is 0 Å². The molecule has 3 rings (SSSR count). The van der Waals surface area contributed by atoms with Crippen LogP contribution in [0.3, 0.4) is 0 Å². The molecule has 2 aromatic rings. The lowest BCUT2D eigenvalue weighted by Gasteiger charge is -2.21. The molecular weight excluding hydrogens is 198 g/mol. The minimum absolute atomic E-state index is 0.970. The van der Waals surface area contributed by atoms with Crippen LogP contribution in [0.25, 0.3) is 16.6 Å². The predicted molar refractivity (Wildman–Crippen MR) is 66.2 cm³/mol. The van der Waals surface area contributed by atoms with Gasteiger partial charge in [-0.3, -0.25) is 0 Å². The molecule has 1 N–H and O–H groups in total. The zero-order valence-electron chi connectivity index (χ0n) is 9.40. The molecule has 0 saturated carbocycles. The van der Waals surface area contributed by atoms with Crippen LogP contribution in [0.1, 0.15) is 12.0 Å². The zero-order chi connectivity index (χ0) is 11.0. The minimum Gasteiger partial charge on any atom is -0.346 e. The fourth-order valence-corrected chi connectivity index (χ4v) is 2.15. The van der Waals surface area contributed by atoms with Crippen LogP contribution < -0.4 is 0 Å². The van der Waals surface area contributed by atoms with Crippen LogP contribution in [-0.2, 0) is 0 Å². The first-order valence-electron chi connectivity index (χ1n) is 5.64. The molecule has 0 unspecified atom stereocenters. The maximum atomic E-state index is 4.43. The number of H-pyrrole nitrogens is 1. The molecule has 0 atom stereocenters. The molecule has 16 heavy (non-hydrogen) atoms. The highest BCUT2D eigenvalue weighted by Gasteiger charge is 2.10. The summed E-state index contributed by atoms with van der Waals surface area (Å²) in [4.78, 5) is 9.87. The van der Waals surface area contributed by atoms with Crippen molar-refractivity contribution in [3.8, 4) is 0 Å². The molecule has 0 spiro atoms. The molecule has 0 radical (unpaired) electrons. The van der Waals surface area contributed by atoms with E-state index >= 15 is 0 Å². The van der Waals surface area contributed by atoms with Crippen LogP contribution >= 0.6 is 0 Å². The van der Waals surface area contributed by atoms with Gasteiger partial charge in [0.1, 0.15) is 5.65 Å². The maximum Gasteiger partial charge on any atom is 0.137 e. The summed E-state index contributed by atoms with van der Waals surface area (Å²) in [6.07, 6.45) is 7.33. The van der Waals surface area contributed by atoms with Gasteiger partial charge in [0.25, 0.3) is 0 Å². The number of aromatic amines is 1. The summed E-state index contributed by atoms with van der Waals surface area (Å²) in [7, 11) is 2.15. The number of aromatic nitrogens is 2. The number of fused-ring (bicyclic) bond motifs is 1. The van der Waals surface area contributed by atoms with Gasteiger partial charge in [0, 0.05) is 30.9 Å². The maximum absolute atomic E-state index is 4.43. The Kier molecular flexibility index (Phi) is 2.26. The third kappa shape index (κ3) is 1.63. The Labute approximate surface area is 94.8 Å². The van der Waals surface area contributed by atoms with Gasteiger partial charge in [0.15, 0.2) is 0 Å². The second-order valence-corrected chi connectivity index (χ2v) is 4.38. The molecule has 2 aromatic heterocycles. The predicted octanol–water partition coefficient (Wildman–Crippen LogP) is 2.28. The van der Waals surface area contributed by atoms with Gasteiger partial charge in [0.2, 0.25) is 0 Å². The summed E-state index contributed by atoms with van der Waals surface area (Å²) in [6, 6.07) is 4.29. The smallest absolute Gasteiger partial charge is 0.137 e. The molecule has 0 bridgehead atoms. The van der Waals surface area contributed by atoms with Crippen LogP contribution in [0.2, 0.25) is 0 Å². The van der Waals surface area contributed by atoms with Crippen LogP contribution in [0.5, 0.6) is 0 Å². The number of nitrogens with zero attached hydrogens (tertiary/aromatic N) is 2. The van der Waals surface area contributed by atoms with E-state index in [1.54, 1.807) is 0 Å². The van der Waals surface area contributed by atoms with Crippen molar-refractivity contribution in [3.05, 3.63) is 36.2 Å². The van der Waals surface area contributed by atoms with Crippen LogP contribution in [0, 0.1) is 0 Å². The fraction of sp³-hybridized carbons (Fsp3) is 0.308. The number of hydrogen-bond donors (Lipinski definition) is 1. The van der Waals surface area contributed by atoms with Crippen molar-refractivity contribution in [2.24, 2.45) is 0 Å². The Bertz CT molecular complexity index is 539. The first-order chi connectivity index (χ1) is 7.83. The number of rotatable bonds is 1. The van der Waals surface area contributed by atoms with E-state index in [0.29, 0.717) is 0 Å². The lowest BCUT2D eigenvalue weighted by atomic mass is 10.0. The van der Waals surface area contributed by atoms with Gasteiger partial charge < -0.3 is 9.88 Å². The Morgan fingerprint density at radius 2 is 2.38 bits per heavy atom. The van der Waals surface area contributed by atoms with Crippen LogP contribution in [0.4, 0.5) is 0 Å². The van der Waals surface area contributed by atoms with Gasteiger partial charge in [0.05, 0.1) is 0 Å². The Morgan fingerprint density at radius 3 is 3.19 bits per heavy atom. The third-order valence-corrected chi connectivity index (χ3v) is 3.18. The normalized spacial score (nSPS) is 17.7. The van der Waals surface area contributed by atoms with Gasteiger partial charge in [-0.05, 0) is 36.7 Å². The van der Waals surface area contributed by atoms with Crippen LogP contribution in [-0.4, -0.2) is 35.0 Å². The highest BCUT2D eigenvalue weighted by atomic mass is 15.1. The van der Waals surface area contributed by atoms with E-state index in [1.165, 1.54) is 16.5 Å². The summed E-state index contributed by atoms with van der Waals surface area (Å²) in [5.74, 6) is 0. The molecule has 0 amide bonds. The standard InChI is InChI=1S/C13H15N3/c1-16-6-3-10(4-7-16)12-8-11-2-5-14-13(11)15-9-12/h2-3,5,8-9H,4,6-7H2,1H3,(H,14,15). The van der Waals surface area contributed by atoms with Gasteiger partial charge in [-0.2, -0.15) is 0 Å². The molecule has 3 heterocycles. The van der Waals surface area contributed by atoms with Crippen molar-refractivity contribution >= 4 is 16.6 Å². The average Bonchev–Trinajstić information content (AvgIpc) is 2.77. The summed E-state index contributed by atoms with van der Waals surface area (Å²) in [6.45, 7) is 2.18. The van der Waals surface area contributed by atoms with E-state index in [0.717, 1.165) is 25.2 Å². The molecule has 0 aliphatic carbocycles. The second kappa shape index (κ2) is 3.76. The van der Waals surface area contributed by atoms with Crippen molar-refractivity contribution in [3.63, 3.8) is 0 Å². The Balaban J connectivity index is 1.99. The van der Waals surface area contributed by atoms with Gasteiger partial charge in [-0.25, -0.2) is 4.98 Å². The van der Waals surface area contributed by atoms with Crippen molar-refractivity contribution < 1.29 is 0 Å². The van der Waals surface area contributed by atoms with Crippen LogP contribution in [0.15, 0.2) is 30.6 Å². The van der Waals surface area contributed by atoms with E-state index in [4.69, 9.17) is 0 Å². The summed E-state index contributed by atoms with van der Waals surface area (Å²) >= 11 is 0. The van der Waals surface area contributed by atoms with E-state index in [1.807, 2.05) is 12.4 Å². The lowest BCUT2D eigenvalue weighted by Crippen LogP contribution is -2.23. The summed E-state index contributed by atoms with van der Waals surface area (Å²) in [5, 5.41) is 1.19. The average molecular weight is 213 g/mol. The fourth-order valence-electron chi connectivity index (χ4n) is 2.15. The topological polar surface area (TPSA) is 31.9 Å². The molecule has 3 heteroatoms. The van der Waals surface area contributed by atoms with Gasteiger partial charge in [-0.15, -0.1) is 0 Å². The molecule has 1 aliphatic heterocycles. The minimum atomic E-state index is 0.970. The summed E-state index contributed by atoms with van der Waals surface area (Å²) in [5.41, 5.74) is 3.66. The molecule has 82 valence electrons. The second-order valence-electron chi connectivity index (χ2n) is 4.38. The number of pyridine rings is 1. The molecule has 1 aliphatic rings. The summed E-state index contributed by atoms with van der Waals surface area (Å²) < 4.78 is 0. The van der Waals surface area contributed by atoms with E-state index in [2.05, 4.69) is 40.1 Å². The van der Waals surface area contributed by atoms with Crippen molar-refractivity contribution in [1.82, 2.24) is 14.9 Å². The van der Waals surface area contributed by atoms with E-state index in [-0.39, 0.29) is 0 Å². The van der Waals surface area contributed by atoms with Crippen molar-refractivity contribution in [2.75, 3.05) is 20.1 Å². The van der Waals surface area contributed by atoms with Crippen molar-refractivity contribution in [2.45, 2.75) is 6.42 Å². The first-order valence-corrected chi connectivity index (χ1v) is 5.64. The molecule has 0 saturated heterocycles. The van der Waals surface area contributed by atoms with Crippen molar-refractivity contribution in [1.29, 1.82) is 0 Å². The van der Waals surface area contributed by atoms with Gasteiger partial charge >= 0.3 is 0 Å². The van der Waals surface area contributed by atoms with Gasteiger partial charge in [-0.1, -0.05) is 6.08 Å². The highest BCUT2D eigenvalue weighted by molar-refractivity contribution is 5.80. The SMILES string of the molecule is CN1CC=C(c2cnc3[nH]ccc3c2)CC1. The lowest BCUT2D eigenvalue weighted by molar-refractivity contribution is 0.370. The quantitative estimate of drug-likeness (QED) is 0.788. The largest absolute Gasteiger partial charge is 0.346 e. The monoisotopic (exact) mass is 213 g/mol. The Hall–Kier alpha value is -1.61. The Morgan fingerprint density at radius 1 is 1.44 bits per heavy atom. The third-order valence-electron chi connectivity index (χ3n) is 3.18. The highest BCUT2D eigenvalue weighted by Crippen LogP contribution is 2.23.